The minimum absolute atomic E-state index is 0.0632. The summed E-state index contributed by atoms with van der Waals surface area (Å²) in [4.78, 5) is 13.6. The maximum Gasteiger partial charge on any atom is 0.143 e. The Morgan fingerprint density at radius 2 is 1.20 bits per heavy atom. The van der Waals surface area contributed by atoms with E-state index in [0.29, 0.717) is 11.7 Å². The Morgan fingerprint density at radius 1 is 0.767 bits per heavy atom. The number of carbonyl (C=O) groups is 1. The highest BCUT2D eigenvalue weighted by atomic mass is 31.2. The first-order chi connectivity index (χ1) is 14.5. The Hall–Kier alpha value is -2.24. The first-order valence-corrected chi connectivity index (χ1v) is 13.1. The molecule has 0 radical (unpaired) electrons. The topological polar surface area (TPSA) is 17.1 Å². The fourth-order valence-corrected chi connectivity index (χ4v) is 11.4. The molecule has 2 bridgehead atoms. The molecule has 0 saturated heterocycles. The van der Waals surface area contributed by atoms with Gasteiger partial charge in [-0.1, -0.05) is 68.4 Å². The van der Waals surface area contributed by atoms with E-state index in [0.717, 1.165) is 19.0 Å². The van der Waals surface area contributed by atoms with Crippen molar-refractivity contribution in [2.75, 3.05) is 6.16 Å². The molecule has 2 unspecified atom stereocenters. The van der Waals surface area contributed by atoms with Gasteiger partial charge in [0.2, 0.25) is 0 Å². The molecule has 0 aromatic heterocycles. The van der Waals surface area contributed by atoms with Crippen molar-refractivity contribution < 1.29 is 4.79 Å². The van der Waals surface area contributed by atoms with Crippen LogP contribution in [0.25, 0.3) is 0 Å². The number of benzene rings is 3. The number of fused-ring (bicyclic) bond motifs is 2. The molecule has 2 heteroatoms. The monoisotopic (exact) mass is 413 g/mol. The zero-order chi connectivity index (χ0) is 20.8. The Labute approximate surface area is 180 Å². The summed E-state index contributed by atoms with van der Waals surface area (Å²) in [5.74, 6) is 1.05. The van der Waals surface area contributed by atoms with E-state index in [-0.39, 0.29) is 10.8 Å². The smallest absolute Gasteiger partial charge is 0.143 e. The van der Waals surface area contributed by atoms with Crippen LogP contribution in [0, 0.1) is 16.7 Å². The van der Waals surface area contributed by atoms with Gasteiger partial charge in [0.1, 0.15) is 29.0 Å². The number of Topliss-reactive ketones (excluding diaryl/α,β-unsaturated/α-hetero) is 1. The van der Waals surface area contributed by atoms with E-state index in [2.05, 4.69) is 105 Å². The number of hydrogen-bond donors (Lipinski definition) is 0. The Kier molecular flexibility index (Phi) is 4.71. The lowest BCUT2D eigenvalue weighted by atomic mass is 9.70. The number of rotatable bonds is 5. The molecule has 5 rings (SSSR count). The van der Waals surface area contributed by atoms with Crippen LogP contribution in [0.3, 0.4) is 0 Å². The highest BCUT2D eigenvalue weighted by molar-refractivity contribution is 7.95. The van der Waals surface area contributed by atoms with Crippen LogP contribution in [0.2, 0.25) is 0 Å². The van der Waals surface area contributed by atoms with Crippen molar-refractivity contribution in [2.45, 2.75) is 33.1 Å². The van der Waals surface area contributed by atoms with Crippen molar-refractivity contribution in [1.29, 1.82) is 0 Å². The second-order valence-electron chi connectivity index (χ2n) is 9.64. The van der Waals surface area contributed by atoms with Gasteiger partial charge in [-0.2, -0.15) is 0 Å². The van der Waals surface area contributed by atoms with E-state index in [1.165, 1.54) is 22.3 Å². The van der Waals surface area contributed by atoms with Crippen molar-refractivity contribution in [1.82, 2.24) is 0 Å². The molecule has 0 aliphatic heterocycles. The van der Waals surface area contributed by atoms with Crippen LogP contribution in [0.1, 0.15) is 33.1 Å². The van der Waals surface area contributed by atoms with Crippen LogP contribution >= 0.6 is 7.26 Å². The summed E-state index contributed by atoms with van der Waals surface area (Å²) in [5, 5.41) is 4.15. The molecule has 0 amide bonds. The molecule has 1 nitrogen and oxygen atoms in total. The summed E-state index contributed by atoms with van der Waals surface area (Å²) in [6.45, 7) is 4.73. The van der Waals surface area contributed by atoms with Crippen LogP contribution in [0.15, 0.2) is 91.0 Å². The van der Waals surface area contributed by atoms with Gasteiger partial charge in [0.25, 0.3) is 0 Å². The van der Waals surface area contributed by atoms with Crippen molar-refractivity contribution >= 4 is 29.0 Å². The average molecular weight is 414 g/mol. The molecule has 2 fully saturated rings. The Morgan fingerprint density at radius 3 is 1.53 bits per heavy atom. The van der Waals surface area contributed by atoms with Crippen LogP contribution in [0.5, 0.6) is 0 Å². The van der Waals surface area contributed by atoms with E-state index in [4.69, 9.17) is 0 Å². The molecule has 0 N–H and O–H groups in total. The predicted octanol–water partition coefficient (Wildman–Crippen LogP) is 5.38. The molecular weight excluding hydrogens is 383 g/mol. The van der Waals surface area contributed by atoms with E-state index < -0.39 is 7.26 Å². The fraction of sp³-hybridized carbons (Fsp3) is 0.321. The van der Waals surface area contributed by atoms with Crippen molar-refractivity contribution in [3.8, 4) is 0 Å². The summed E-state index contributed by atoms with van der Waals surface area (Å²) < 4.78 is 0. The zero-order valence-corrected chi connectivity index (χ0v) is 18.8. The number of carbonyl (C=O) groups excluding carboxylic acids is 1. The molecule has 2 aliphatic carbocycles. The molecule has 2 saturated carbocycles. The van der Waals surface area contributed by atoms with Crippen molar-refractivity contribution in [2.24, 2.45) is 16.7 Å². The van der Waals surface area contributed by atoms with E-state index in [9.17, 15) is 4.79 Å². The SMILES string of the molecule is CC1(C)C2CCC1(C[P+](c1ccccc1)(c1ccccc1)c1ccccc1)C(=O)C2. The summed E-state index contributed by atoms with van der Waals surface area (Å²) in [7, 11) is -2.00. The first kappa shape index (κ1) is 19.7. The molecule has 2 aliphatic rings. The lowest BCUT2D eigenvalue weighted by Crippen LogP contribution is -2.46. The lowest BCUT2D eigenvalue weighted by molar-refractivity contribution is -0.127. The molecule has 3 aromatic rings. The largest absolute Gasteiger partial charge is 0.299 e. The molecule has 2 atom stereocenters. The first-order valence-electron chi connectivity index (χ1n) is 11.1. The highest BCUT2D eigenvalue weighted by Gasteiger charge is 2.68. The van der Waals surface area contributed by atoms with Gasteiger partial charge in [-0.15, -0.1) is 0 Å². The van der Waals surface area contributed by atoms with Gasteiger partial charge in [-0.25, -0.2) is 0 Å². The molecule has 152 valence electrons. The normalized spacial score (nSPS) is 24.9. The van der Waals surface area contributed by atoms with Gasteiger partial charge < -0.3 is 0 Å². The van der Waals surface area contributed by atoms with Gasteiger partial charge in [-0.05, 0) is 60.6 Å². The lowest BCUT2D eigenvalue weighted by Gasteiger charge is -2.41. The quantitative estimate of drug-likeness (QED) is 0.514. The Balaban J connectivity index is 1.80. The standard InChI is InChI=1S/C28H30OP/c1-27(2)22-18-19-28(27,26(29)20-22)21-30(23-12-6-3-7-13-23,24-14-8-4-9-15-24)25-16-10-5-11-17-25/h3-17,22H,18-21H2,1-2H3/q+1. The summed E-state index contributed by atoms with van der Waals surface area (Å²) >= 11 is 0. The van der Waals surface area contributed by atoms with E-state index in [1.807, 2.05) is 0 Å². The second-order valence-corrected chi connectivity index (χ2v) is 13.1. The van der Waals surface area contributed by atoms with Crippen molar-refractivity contribution in [3.63, 3.8) is 0 Å². The summed E-state index contributed by atoms with van der Waals surface area (Å²) in [5.41, 5.74) is -0.166. The fourth-order valence-electron chi connectivity index (χ4n) is 6.31. The third-order valence-electron chi connectivity index (χ3n) is 8.24. The molecule has 0 heterocycles. The van der Waals surface area contributed by atoms with Crippen LogP contribution in [0.4, 0.5) is 0 Å². The van der Waals surface area contributed by atoms with E-state index >= 15 is 0 Å². The van der Waals surface area contributed by atoms with Gasteiger partial charge in [0.05, 0.1) is 11.6 Å². The average Bonchev–Trinajstić information content (AvgIpc) is 3.14. The number of ketones is 1. The van der Waals surface area contributed by atoms with Gasteiger partial charge in [0.15, 0.2) is 0 Å². The molecule has 30 heavy (non-hydrogen) atoms. The van der Waals surface area contributed by atoms with Gasteiger partial charge in [-0.3, -0.25) is 4.79 Å². The minimum Gasteiger partial charge on any atom is -0.299 e. The highest BCUT2D eigenvalue weighted by Crippen LogP contribution is 2.71. The predicted molar refractivity (Wildman–Crippen MR) is 129 cm³/mol. The van der Waals surface area contributed by atoms with E-state index in [1.54, 1.807) is 0 Å². The van der Waals surface area contributed by atoms with Gasteiger partial charge >= 0.3 is 0 Å². The zero-order valence-electron chi connectivity index (χ0n) is 17.9. The maximum atomic E-state index is 13.6. The van der Waals surface area contributed by atoms with Crippen molar-refractivity contribution in [3.05, 3.63) is 91.0 Å². The second kappa shape index (κ2) is 7.17. The van der Waals surface area contributed by atoms with Gasteiger partial charge in [0, 0.05) is 6.42 Å². The van der Waals surface area contributed by atoms with Crippen LogP contribution < -0.4 is 15.9 Å². The third kappa shape index (κ3) is 2.68. The molecular formula is C28H30OP+. The minimum atomic E-state index is -2.00. The summed E-state index contributed by atoms with van der Waals surface area (Å²) in [6.07, 6.45) is 3.95. The van der Waals surface area contributed by atoms with Crippen LogP contribution in [-0.2, 0) is 4.79 Å². The maximum absolute atomic E-state index is 13.6. The summed E-state index contributed by atoms with van der Waals surface area (Å²) in [6, 6.07) is 33.0. The number of hydrogen-bond acceptors (Lipinski definition) is 1. The molecule has 0 spiro atoms. The third-order valence-corrected chi connectivity index (χ3v) is 12.8. The molecule has 3 aromatic carbocycles. The Bertz CT molecular complexity index is 945. The van der Waals surface area contributed by atoms with Crippen LogP contribution in [-0.4, -0.2) is 11.9 Å².